The van der Waals surface area contributed by atoms with E-state index in [0.717, 1.165) is 24.5 Å². The van der Waals surface area contributed by atoms with E-state index in [1.807, 2.05) is 53.4 Å². The molecule has 3 heterocycles. The number of rotatable bonds is 5. The zero-order valence-electron chi connectivity index (χ0n) is 15.0. The van der Waals surface area contributed by atoms with Crippen molar-refractivity contribution in [1.29, 1.82) is 0 Å². The van der Waals surface area contributed by atoms with Gasteiger partial charge in [0.15, 0.2) is 0 Å². The van der Waals surface area contributed by atoms with Crippen LogP contribution in [0.1, 0.15) is 6.42 Å². The van der Waals surface area contributed by atoms with Crippen molar-refractivity contribution in [3.05, 3.63) is 54.7 Å². The van der Waals surface area contributed by atoms with Gasteiger partial charge < -0.3 is 9.80 Å². The smallest absolute Gasteiger partial charge is 0.224 e. The molecule has 2 aromatic heterocycles. The third-order valence-electron chi connectivity index (χ3n) is 4.62. The first-order valence-electron chi connectivity index (χ1n) is 9.06. The summed E-state index contributed by atoms with van der Waals surface area (Å²) >= 11 is 0. The molecule has 1 aromatic carbocycles. The Bertz CT molecular complexity index is 873. The van der Waals surface area contributed by atoms with Crippen LogP contribution < -0.4 is 4.90 Å². The second kappa shape index (κ2) is 7.94. The third-order valence-corrected chi connectivity index (χ3v) is 4.62. The van der Waals surface area contributed by atoms with Crippen LogP contribution in [0.2, 0.25) is 0 Å². The molecule has 4 rings (SSSR count). The van der Waals surface area contributed by atoms with Gasteiger partial charge in [0, 0.05) is 44.4 Å². The van der Waals surface area contributed by atoms with Crippen molar-refractivity contribution in [2.24, 2.45) is 0 Å². The lowest BCUT2D eigenvalue weighted by Gasteiger charge is -2.35. The summed E-state index contributed by atoms with van der Waals surface area (Å²) in [7, 11) is 0. The minimum absolute atomic E-state index is 0.120. The second-order valence-electron chi connectivity index (χ2n) is 6.38. The number of hydrogen-bond donors (Lipinski definition) is 0. The Kier molecular flexibility index (Phi) is 5.04. The van der Waals surface area contributed by atoms with Crippen LogP contribution in [0.5, 0.6) is 0 Å². The van der Waals surface area contributed by atoms with Crippen LogP contribution in [0.15, 0.2) is 54.7 Å². The molecule has 1 aliphatic heterocycles. The standard InChI is InChI=1S/C19H21N7O/c27-18(25-14-12-24(13-15-25)17-8-4-5-10-20-17)9-11-26-22-19(21-23-26)16-6-2-1-3-7-16/h1-8,10H,9,11-15H2. The largest absolute Gasteiger partial charge is 0.353 e. The van der Waals surface area contributed by atoms with Crippen LogP contribution in [0.3, 0.4) is 0 Å². The molecule has 8 heteroatoms. The van der Waals surface area contributed by atoms with Crippen molar-refractivity contribution >= 4 is 11.7 Å². The maximum Gasteiger partial charge on any atom is 0.224 e. The zero-order chi connectivity index (χ0) is 18.5. The average Bonchev–Trinajstić information content (AvgIpc) is 3.22. The Morgan fingerprint density at radius 1 is 0.963 bits per heavy atom. The van der Waals surface area contributed by atoms with Gasteiger partial charge in [-0.25, -0.2) is 4.98 Å². The summed E-state index contributed by atoms with van der Waals surface area (Å²) in [5.74, 6) is 1.66. The summed E-state index contributed by atoms with van der Waals surface area (Å²) in [4.78, 5) is 22.5. The summed E-state index contributed by atoms with van der Waals surface area (Å²) in [5, 5.41) is 12.5. The predicted molar refractivity (Wildman–Crippen MR) is 101 cm³/mol. The molecule has 1 amide bonds. The molecular formula is C19H21N7O. The Hall–Kier alpha value is -3.29. The molecule has 1 fully saturated rings. The Balaban J connectivity index is 1.27. The van der Waals surface area contributed by atoms with E-state index in [1.165, 1.54) is 4.80 Å². The van der Waals surface area contributed by atoms with Gasteiger partial charge in [0.1, 0.15) is 5.82 Å². The first-order chi connectivity index (χ1) is 13.3. The first kappa shape index (κ1) is 17.1. The second-order valence-corrected chi connectivity index (χ2v) is 6.38. The van der Waals surface area contributed by atoms with Gasteiger partial charge in [0.2, 0.25) is 11.7 Å². The van der Waals surface area contributed by atoms with Crippen LogP contribution in [-0.4, -0.2) is 62.2 Å². The molecule has 0 radical (unpaired) electrons. The summed E-state index contributed by atoms with van der Waals surface area (Å²) in [6.45, 7) is 3.43. The maximum atomic E-state index is 12.5. The number of anilines is 1. The van der Waals surface area contributed by atoms with E-state index >= 15 is 0 Å². The van der Waals surface area contributed by atoms with Gasteiger partial charge >= 0.3 is 0 Å². The number of aromatic nitrogens is 5. The molecule has 138 valence electrons. The zero-order valence-corrected chi connectivity index (χ0v) is 15.0. The number of pyridine rings is 1. The van der Waals surface area contributed by atoms with E-state index in [-0.39, 0.29) is 5.91 Å². The summed E-state index contributed by atoms with van der Waals surface area (Å²) in [6, 6.07) is 15.6. The maximum absolute atomic E-state index is 12.5. The van der Waals surface area contributed by atoms with Crippen molar-refractivity contribution in [3.8, 4) is 11.4 Å². The number of piperazine rings is 1. The van der Waals surface area contributed by atoms with E-state index in [0.29, 0.717) is 31.9 Å². The molecule has 0 bridgehead atoms. The lowest BCUT2D eigenvalue weighted by atomic mass is 10.2. The molecule has 0 N–H and O–H groups in total. The number of tetrazole rings is 1. The van der Waals surface area contributed by atoms with Gasteiger partial charge in [0.05, 0.1) is 6.54 Å². The number of aryl methyl sites for hydroxylation is 1. The molecular weight excluding hydrogens is 342 g/mol. The topological polar surface area (TPSA) is 80.0 Å². The monoisotopic (exact) mass is 363 g/mol. The highest BCUT2D eigenvalue weighted by atomic mass is 16.2. The molecule has 1 aliphatic rings. The fraction of sp³-hybridized carbons (Fsp3) is 0.316. The molecule has 0 spiro atoms. The number of benzene rings is 1. The quantitative estimate of drug-likeness (QED) is 0.683. The Morgan fingerprint density at radius 3 is 2.48 bits per heavy atom. The van der Waals surface area contributed by atoms with Crippen LogP contribution in [0, 0.1) is 0 Å². The van der Waals surface area contributed by atoms with Crippen molar-refractivity contribution in [2.45, 2.75) is 13.0 Å². The molecule has 0 atom stereocenters. The molecule has 0 aliphatic carbocycles. The lowest BCUT2D eigenvalue weighted by molar-refractivity contribution is -0.131. The van der Waals surface area contributed by atoms with Gasteiger partial charge in [0.25, 0.3) is 0 Å². The molecule has 1 saturated heterocycles. The highest BCUT2D eigenvalue weighted by Gasteiger charge is 2.21. The molecule has 0 saturated carbocycles. The fourth-order valence-electron chi connectivity index (χ4n) is 3.12. The average molecular weight is 363 g/mol. The van der Waals surface area contributed by atoms with Gasteiger partial charge in [-0.15, -0.1) is 10.2 Å². The fourth-order valence-corrected chi connectivity index (χ4v) is 3.12. The van der Waals surface area contributed by atoms with Crippen molar-refractivity contribution in [2.75, 3.05) is 31.1 Å². The van der Waals surface area contributed by atoms with Crippen LogP contribution >= 0.6 is 0 Å². The molecule has 0 unspecified atom stereocenters. The Morgan fingerprint density at radius 2 is 1.74 bits per heavy atom. The van der Waals surface area contributed by atoms with E-state index < -0.39 is 0 Å². The predicted octanol–water partition coefficient (Wildman–Crippen LogP) is 1.47. The SMILES string of the molecule is O=C(CCn1nnc(-c2ccccc2)n1)N1CCN(c2ccccn2)CC1. The van der Waals surface area contributed by atoms with Crippen molar-refractivity contribution in [1.82, 2.24) is 30.1 Å². The van der Waals surface area contributed by atoms with Crippen molar-refractivity contribution in [3.63, 3.8) is 0 Å². The summed E-state index contributed by atoms with van der Waals surface area (Å²) in [6.07, 6.45) is 2.16. The van der Waals surface area contributed by atoms with Crippen LogP contribution in [0.4, 0.5) is 5.82 Å². The number of nitrogens with zero attached hydrogens (tertiary/aromatic N) is 7. The van der Waals surface area contributed by atoms with E-state index in [2.05, 4.69) is 25.3 Å². The minimum atomic E-state index is 0.120. The van der Waals surface area contributed by atoms with Gasteiger partial charge in [-0.05, 0) is 17.3 Å². The molecule has 27 heavy (non-hydrogen) atoms. The number of hydrogen-bond acceptors (Lipinski definition) is 6. The van der Waals surface area contributed by atoms with Gasteiger partial charge in [-0.1, -0.05) is 36.4 Å². The third kappa shape index (κ3) is 4.11. The number of amides is 1. The van der Waals surface area contributed by atoms with Crippen LogP contribution in [-0.2, 0) is 11.3 Å². The highest BCUT2D eigenvalue weighted by molar-refractivity contribution is 5.76. The van der Waals surface area contributed by atoms with E-state index in [9.17, 15) is 4.79 Å². The van der Waals surface area contributed by atoms with Gasteiger partial charge in [-0.2, -0.15) is 4.80 Å². The summed E-state index contributed by atoms with van der Waals surface area (Å²) in [5.41, 5.74) is 0.917. The van der Waals surface area contributed by atoms with E-state index in [4.69, 9.17) is 0 Å². The first-order valence-corrected chi connectivity index (χ1v) is 9.06. The normalized spacial score (nSPS) is 14.4. The van der Waals surface area contributed by atoms with Crippen molar-refractivity contribution < 1.29 is 4.79 Å². The lowest BCUT2D eigenvalue weighted by Crippen LogP contribution is -2.49. The van der Waals surface area contributed by atoms with Crippen LogP contribution in [0.25, 0.3) is 11.4 Å². The van der Waals surface area contributed by atoms with E-state index in [1.54, 1.807) is 6.20 Å². The Labute approximate surface area is 157 Å². The summed E-state index contributed by atoms with van der Waals surface area (Å²) < 4.78 is 0. The molecule has 8 nitrogen and oxygen atoms in total. The number of carbonyl (C=O) groups is 1. The minimum Gasteiger partial charge on any atom is -0.353 e. The highest BCUT2D eigenvalue weighted by Crippen LogP contribution is 2.14. The molecule has 3 aromatic rings. The van der Waals surface area contributed by atoms with Gasteiger partial charge in [-0.3, -0.25) is 4.79 Å². The number of carbonyl (C=O) groups excluding carboxylic acids is 1.